The Balaban J connectivity index is 1.64. The number of anilines is 2. The third-order valence-corrected chi connectivity index (χ3v) is 4.04. The third-order valence-electron chi connectivity index (χ3n) is 4.04. The number of aryl methyl sites for hydroxylation is 1. The SMILES string of the molecule is CCn1cc(C(C)Nc2ccc(N3CCCC3)nc2)cn1. The van der Waals surface area contributed by atoms with E-state index in [1.54, 1.807) is 0 Å². The molecule has 0 amide bonds. The zero-order valence-electron chi connectivity index (χ0n) is 12.8. The predicted molar refractivity (Wildman–Crippen MR) is 85.6 cm³/mol. The highest BCUT2D eigenvalue weighted by Gasteiger charge is 2.13. The first kappa shape index (κ1) is 13.9. The Morgan fingerprint density at radius 3 is 2.67 bits per heavy atom. The van der Waals surface area contributed by atoms with Crippen LogP contribution in [0.4, 0.5) is 11.5 Å². The van der Waals surface area contributed by atoms with Crippen LogP contribution in [-0.4, -0.2) is 27.9 Å². The van der Waals surface area contributed by atoms with E-state index in [1.807, 2.05) is 17.1 Å². The van der Waals surface area contributed by atoms with E-state index in [4.69, 9.17) is 0 Å². The maximum Gasteiger partial charge on any atom is 0.128 e. The normalized spacial score (nSPS) is 16.2. The lowest BCUT2D eigenvalue weighted by Gasteiger charge is -2.18. The van der Waals surface area contributed by atoms with Gasteiger partial charge in [-0.15, -0.1) is 0 Å². The standard InChI is InChI=1S/C16H23N5/c1-3-21-12-14(10-18-21)13(2)19-15-6-7-16(17-11-15)20-8-4-5-9-20/h6-7,10-13,19H,3-5,8-9H2,1-2H3. The molecule has 1 aliphatic rings. The molecule has 1 N–H and O–H groups in total. The van der Waals surface area contributed by atoms with Gasteiger partial charge < -0.3 is 10.2 Å². The van der Waals surface area contributed by atoms with Crippen molar-refractivity contribution in [3.8, 4) is 0 Å². The summed E-state index contributed by atoms with van der Waals surface area (Å²) >= 11 is 0. The largest absolute Gasteiger partial charge is 0.377 e. The van der Waals surface area contributed by atoms with Gasteiger partial charge in [0.1, 0.15) is 5.82 Å². The van der Waals surface area contributed by atoms with Crippen LogP contribution >= 0.6 is 0 Å². The lowest BCUT2D eigenvalue weighted by molar-refractivity contribution is 0.658. The van der Waals surface area contributed by atoms with Gasteiger partial charge in [-0.1, -0.05) is 0 Å². The number of hydrogen-bond acceptors (Lipinski definition) is 4. The molecule has 1 aliphatic heterocycles. The number of pyridine rings is 1. The first-order valence-electron chi connectivity index (χ1n) is 7.76. The summed E-state index contributed by atoms with van der Waals surface area (Å²) < 4.78 is 1.95. The predicted octanol–water partition coefficient (Wildman–Crippen LogP) is 3.07. The highest BCUT2D eigenvalue weighted by molar-refractivity contribution is 5.50. The minimum Gasteiger partial charge on any atom is -0.377 e. The molecule has 112 valence electrons. The molecule has 1 atom stereocenters. The van der Waals surface area contributed by atoms with Crippen LogP contribution in [0.2, 0.25) is 0 Å². The minimum absolute atomic E-state index is 0.227. The molecule has 0 aliphatic carbocycles. The molecule has 1 saturated heterocycles. The van der Waals surface area contributed by atoms with Gasteiger partial charge in [0, 0.05) is 31.4 Å². The second-order valence-corrected chi connectivity index (χ2v) is 5.59. The third kappa shape index (κ3) is 3.17. The van der Waals surface area contributed by atoms with Crippen molar-refractivity contribution in [1.29, 1.82) is 0 Å². The monoisotopic (exact) mass is 285 g/mol. The van der Waals surface area contributed by atoms with E-state index in [1.165, 1.54) is 18.4 Å². The molecule has 1 unspecified atom stereocenters. The van der Waals surface area contributed by atoms with Gasteiger partial charge in [0.25, 0.3) is 0 Å². The maximum absolute atomic E-state index is 4.57. The van der Waals surface area contributed by atoms with Crippen molar-refractivity contribution in [2.45, 2.75) is 39.3 Å². The van der Waals surface area contributed by atoms with E-state index < -0.39 is 0 Å². The van der Waals surface area contributed by atoms with Crippen LogP contribution in [0, 0.1) is 0 Å². The summed E-state index contributed by atoms with van der Waals surface area (Å²) in [6.07, 6.45) is 8.49. The van der Waals surface area contributed by atoms with E-state index in [-0.39, 0.29) is 6.04 Å². The number of hydrogen-bond donors (Lipinski definition) is 1. The summed E-state index contributed by atoms with van der Waals surface area (Å²) in [6, 6.07) is 4.45. The van der Waals surface area contributed by atoms with Gasteiger partial charge in [0.2, 0.25) is 0 Å². The molecular weight excluding hydrogens is 262 g/mol. The Morgan fingerprint density at radius 2 is 2.05 bits per heavy atom. The highest BCUT2D eigenvalue weighted by atomic mass is 15.3. The number of aromatic nitrogens is 3. The van der Waals surface area contributed by atoms with Gasteiger partial charge in [0.05, 0.1) is 24.1 Å². The van der Waals surface area contributed by atoms with Gasteiger partial charge in [-0.3, -0.25) is 4.68 Å². The molecule has 3 heterocycles. The smallest absolute Gasteiger partial charge is 0.128 e. The van der Waals surface area contributed by atoms with E-state index in [0.29, 0.717) is 0 Å². The molecule has 21 heavy (non-hydrogen) atoms. The zero-order valence-corrected chi connectivity index (χ0v) is 12.8. The quantitative estimate of drug-likeness (QED) is 0.917. The Hall–Kier alpha value is -2.04. The molecule has 0 saturated carbocycles. The number of nitrogens with zero attached hydrogens (tertiary/aromatic N) is 4. The summed E-state index contributed by atoms with van der Waals surface area (Å²) in [5.41, 5.74) is 2.25. The van der Waals surface area contributed by atoms with Crippen molar-refractivity contribution in [2.75, 3.05) is 23.3 Å². The average Bonchev–Trinajstić information content (AvgIpc) is 3.19. The highest BCUT2D eigenvalue weighted by Crippen LogP contribution is 2.22. The molecule has 0 aromatic carbocycles. The minimum atomic E-state index is 0.227. The van der Waals surface area contributed by atoms with Crippen LogP contribution in [0.1, 0.15) is 38.3 Å². The average molecular weight is 285 g/mol. The lowest BCUT2D eigenvalue weighted by atomic mass is 10.2. The van der Waals surface area contributed by atoms with Crippen LogP contribution in [0.15, 0.2) is 30.7 Å². The van der Waals surface area contributed by atoms with Crippen molar-refractivity contribution in [3.63, 3.8) is 0 Å². The molecule has 2 aromatic heterocycles. The summed E-state index contributed by atoms with van der Waals surface area (Å²) in [4.78, 5) is 6.92. The van der Waals surface area contributed by atoms with Gasteiger partial charge in [-0.25, -0.2) is 4.98 Å². The lowest BCUT2D eigenvalue weighted by Crippen LogP contribution is -2.18. The molecule has 0 bridgehead atoms. The molecule has 5 nitrogen and oxygen atoms in total. The second kappa shape index (κ2) is 6.16. The Bertz CT molecular complexity index is 569. The second-order valence-electron chi connectivity index (χ2n) is 5.59. The number of rotatable bonds is 5. The van der Waals surface area contributed by atoms with Crippen molar-refractivity contribution in [2.24, 2.45) is 0 Å². The van der Waals surface area contributed by atoms with Crippen LogP contribution in [0.5, 0.6) is 0 Å². The van der Waals surface area contributed by atoms with E-state index in [0.717, 1.165) is 31.1 Å². The van der Waals surface area contributed by atoms with Gasteiger partial charge in [-0.05, 0) is 38.8 Å². The summed E-state index contributed by atoms with van der Waals surface area (Å²) in [5, 5.41) is 7.80. The molecule has 0 spiro atoms. The van der Waals surface area contributed by atoms with Crippen LogP contribution in [-0.2, 0) is 6.54 Å². The fraction of sp³-hybridized carbons (Fsp3) is 0.500. The van der Waals surface area contributed by atoms with E-state index in [9.17, 15) is 0 Å². The Kier molecular flexibility index (Phi) is 4.08. The van der Waals surface area contributed by atoms with Gasteiger partial charge in [0.15, 0.2) is 0 Å². The first-order valence-corrected chi connectivity index (χ1v) is 7.76. The zero-order chi connectivity index (χ0) is 14.7. The first-order chi connectivity index (χ1) is 10.3. The molecular formula is C16H23N5. The number of nitrogens with one attached hydrogen (secondary N) is 1. The van der Waals surface area contributed by atoms with E-state index in [2.05, 4.69) is 52.5 Å². The fourth-order valence-electron chi connectivity index (χ4n) is 2.71. The molecule has 2 aromatic rings. The maximum atomic E-state index is 4.57. The van der Waals surface area contributed by atoms with Gasteiger partial charge >= 0.3 is 0 Å². The van der Waals surface area contributed by atoms with E-state index >= 15 is 0 Å². The summed E-state index contributed by atoms with van der Waals surface area (Å²) in [7, 11) is 0. The van der Waals surface area contributed by atoms with Gasteiger partial charge in [-0.2, -0.15) is 5.10 Å². The van der Waals surface area contributed by atoms with Crippen molar-refractivity contribution in [3.05, 3.63) is 36.3 Å². The summed E-state index contributed by atoms with van der Waals surface area (Å²) in [6.45, 7) is 7.40. The molecule has 5 heteroatoms. The molecule has 3 rings (SSSR count). The Labute approximate surface area is 126 Å². The summed E-state index contributed by atoms with van der Waals surface area (Å²) in [5.74, 6) is 1.09. The van der Waals surface area contributed by atoms with Crippen LogP contribution in [0.3, 0.4) is 0 Å². The van der Waals surface area contributed by atoms with Crippen molar-refractivity contribution in [1.82, 2.24) is 14.8 Å². The van der Waals surface area contributed by atoms with Crippen molar-refractivity contribution >= 4 is 11.5 Å². The topological polar surface area (TPSA) is 46.0 Å². The Morgan fingerprint density at radius 1 is 1.24 bits per heavy atom. The molecule has 1 fully saturated rings. The fourth-order valence-corrected chi connectivity index (χ4v) is 2.71. The van der Waals surface area contributed by atoms with Crippen molar-refractivity contribution < 1.29 is 0 Å². The van der Waals surface area contributed by atoms with Crippen LogP contribution < -0.4 is 10.2 Å². The molecule has 0 radical (unpaired) electrons. The van der Waals surface area contributed by atoms with Crippen LogP contribution in [0.25, 0.3) is 0 Å².